The molecule has 0 aliphatic heterocycles. The number of nitrogens with zero attached hydrogens (tertiary/aromatic N) is 2. The molecule has 0 N–H and O–H groups in total. The van der Waals surface area contributed by atoms with Crippen molar-refractivity contribution in [2.45, 2.75) is 31.9 Å². The lowest BCUT2D eigenvalue weighted by atomic mass is 9.72. The summed E-state index contributed by atoms with van der Waals surface area (Å²) in [6.07, 6.45) is -3.97. The number of benzene rings is 1. The first kappa shape index (κ1) is 17.7. The number of carbonyl (C=O) groups is 2. The van der Waals surface area contributed by atoms with Crippen LogP contribution in [-0.2, 0) is 11.0 Å². The molecule has 24 heavy (non-hydrogen) atoms. The molecule has 0 bridgehead atoms. The molecule has 124 valence electrons. The molecule has 0 heterocycles. The zero-order chi connectivity index (χ0) is 18.0. The van der Waals surface area contributed by atoms with Gasteiger partial charge in [-0.05, 0) is 25.0 Å². The summed E-state index contributed by atoms with van der Waals surface area (Å²) in [5.74, 6) is -2.02. The maximum absolute atomic E-state index is 12.5. The fourth-order valence-corrected chi connectivity index (χ4v) is 2.93. The van der Waals surface area contributed by atoms with Crippen molar-refractivity contribution < 1.29 is 22.8 Å². The van der Waals surface area contributed by atoms with E-state index >= 15 is 0 Å². The van der Waals surface area contributed by atoms with Gasteiger partial charge in [-0.3, -0.25) is 9.59 Å². The summed E-state index contributed by atoms with van der Waals surface area (Å²) in [5, 5.41) is 18.6. The number of Topliss-reactive ketones (excluding diaryl/α,β-unsaturated/α-hetero) is 2. The lowest BCUT2D eigenvalue weighted by Crippen LogP contribution is -2.34. The molecule has 1 aromatic rings. The number of carbonyl (C=O) groups excluding carboxylic acids is 2. The van der Waals surface area contributed by atoms with E-state index in [1.54, 1.807) is 0 Å². The summed E-state index contributed by atoms with van der Waals surface area (Å²) < 4.78 is 37.6. The van der Waals surface area contributed by atoms with E-state index in [4.69, 9.17) is 0 Å². The third-order valence-corrected chi connectivity index (χ3v) is 4.35. The van der Waals surface area contributed by atoms with Crippen LogP contribution >= 0.6 is 0 Å². The van der Waals surface area contributed by atoms with Crippen molar-refractivity contribution in [2.24, 2.45) is 11.3 Å². The van der Waals surface area contributed by atoms with E-state index in [-0.39, 0.29) is 30.6 Å². The molecule has 0 aromatic heterocycles. The highest BCUT2D eigenvalue weighted by Crippen LogP contribution is 2.42. The molecule has 0 amide bonds. The number of alkyl halides is 3. The highest BCUT2D eigenvalue weighted by Gasteiger charge is 2.49. The molecule has 1 aromatic carbocycles. The Morgan fingerprint density at radius 3 is 2.29 bits per heavy atom. The van der Waals surface area contributed by atoms with E-state index in [1.165, 1.54) is 0 Å². The Morgan fingerprint density at radius 2 is 1.88 bits per heavy atom. The predicted molar refractivity (Wildman–Crippen MR) is 76.4 cm³/mol. The first-order valence-corrected chi connectivity index (χ1v) is 7.29. The van der Waals surface area contributed by atoms with Crippen molar-refractivity contribution >= 4 is 11.6 Å². The SMILES string of the molecule is N#C[C@@H](CC(=O)c1ccc(C(F)(F)F)cc1)[C@]1(C#N)CCCC1=O. The van der Waals surface area contributed by atoms with Crippen molar-refractivity contribution in [2.75, 3.05) is 0 Å². The predicted octanol–water partition coefficient (Wildman–Crippen LogP) is 3.68. The number of hydrogen-bond donors (Lipinski definition) is 0. The second-order valence-electron chi connectivity index (χ2n) is 5.74. The van der Waals surface area contributed by atoms with E-state index in [2.05, 4.69) is 0 Å². The molecule has 4 nitrogen and oxygen atoms in total. The fourth-order valence-electron chi connectivity index (χ4n) is 2.93. The van der Waals surface area contributed by atoms with Crippen molar-refractivity contribution in [3.8, 4) is 12.1 Å². The van der Waals surface area contributed by atoms with Crippen LogP contribution in [0, 0.1) is 34.0 Å². The van der Waals surface area contributed by atoms with Gasteiger partial charge in [0.2, 0.25) is 0 Å². The molecule has 1 aliphatic carbocycles. The lowest BCUT2D eigenvalue weighted by Gasteiger charge is -2.23. The molecule has 2 atom stereocenters. The molecule has 0 spiro atoms. The van der Waals surface area contributed by atoms with Crippen LogP contribution in [0.1, 0.15) is 41.6 Å². The summed E-state index contributed by atoms with van der Waals surface area (Å²) >= 11 is 0. The molecule has 1 fully saturated rings. The van der Waals surface area contributed by atoms with Crippen LogP contribution in [0.2, 0.25) is 0 Å². The molecule has 1 aliphatic rings. The summed E-state index contributed by atoms with van der Waals surface area (Å²) in [5.41, 5.74) is -2.35. The van der Waals surface area contributed by atoms with Gasteiger partial charge in [-0.2, -0.15) is 23.7 Å². The van der Waals surface area contributed by atoms with Gasteiger partial charge in [-0.1, -0.05) is 12.1 Å². The second kappa shape index (κ2) is 6.45. The highest BCUT2D eigenvalue weighted by atomic mass is 19.4. The maximum atomic E-state index is 12.5. The van der Waals surface area contributed by atoms with Gasteiger partial charge >= 0.3 is 6.18 Å². The third-order valence-electron chi connectivity index (χ3n) is 4.35. The Kier molecular flexibility index (Phi) is 4.75. The van der Waals surface area contributed by atoms with Gasteiger partial charge in [0.25, 0.3) is 0 Å². The Hall–Kier alpha value is -2.67. The number of ketones is 2. The first-order chi connectivity index (χ1) is 11.2. The number of halogens is 3. The van der Waals surface area contributed by atoms with Crippen molar-refractivity contribution in [1.29, 1.82) is 10.5 Å². The van der Waals surface area contributed by atoms with Crippen molar-refractivity contribution in [3.63, 3.8) is 0 Å². The number of rotatable bonds is 4. The lowest BCUT2D eigenvalue weighted by molar-refractivity contribution is -0.137. The van der Waals surface area contributed by atoms with E-state index in [9.17, 15) is 33.3 Å². The van der Waals surface area contributed by atoms with Gasteiger partial charge in [0.1, 0.15) is 5.41 Å². The smallest absolute Gasteiger partial charge is 0.298 e. The zero-order valence-corrected chi connectivity index (χ0v) is 12.6. The van der Waals surface area contributed by atoms with Crippen LogP contribution in [0.3, 0.4) is 0 Å². The van der Waals surface area contributed by atoms with Crippen LogP contribution in [0.5, 0.6) is 0 Å². The fraction of sp³-hybridized carbons (Fsp3) is 0.412. The molecule has 7 heteroatoms. The minimum absolute atomic E-state index is 0.0155. The summed E-state index contributed by atoms with van der Waals surface area (Å²) in [6.45, 7) is 0. The Bertz CT molecular complexity index is 741. The van der Waals surface area contributed by atoms with Gasteiger partial charge in [0, 0.05) is 18.4 Å². The van der Waals surface area contributed by atoms with Crippen molar-refractivity contribution in [1.82, 2.24) is 0 Å². The van der Waals surface area contributed by atoms with Gasteiger partial charge in [0.05, 0.1) is 23.6 Å². The van der Waals surface area contributed by atoms with Crippen LogP contribution < -0.4 is 0 Å². The van der Waals surface area contributed by atoms with Crippen LogP contribution in [-0.4, -0.2) is 11.6 Å². The van der Waals surface area contributed by atoms with E-state index in [1.807, 2.05) is 12.1 Å². The van der Waals surface area contributed by atoms with E-state index in [0.717, 1.165) is 24.3 Å². The highest BCUT2D eigenvalue weighted by molar-refractivity contribution is 5.98. The van der Waals surface area contributed by atoms with Crippen LogP contribution in [0.15, 0.2) is 24.3 Å². The Balaban J connectivity index is 2.20. The van der Waals surface area contributed by atoms with Gasteiger partial charge in [0.15, 0.2) is 11.6 Å². The molecular weight excluding hydrogens is 321 g/mol. The largest absolute Gasteiger partial charge is 0.416 e. The normalized spacial score (nSPS) is 21.8. The second-order valence-corrected chi connectivity index (χ2v) is 5.74. The van der Waals surface area contributed by atoms with Gasteiger partial charge in [-0.15, -0.1) is 0 Å². The van der Waals surface area contributed by atoms with Crippen LogP contribution in [0.25, 0.3) is 0 Å². The van der Waals surface area contributed by atoms with Gasteiger partial charge < -0.3 is 0 Å². The number of nitriles is 2. The molecule has 0 saturated heterocycles. The standard InChI is InChI=1S/C17H13F3N2O2/c18-17(19,20)12-5-3-11(4-6-12)14(23)8-13(9-21)16(10-22)7-1-2-15(16)24/h3-6,13H,1-2,7-8H2/t13-,16-/m1/s1. The molecular formula is C17H13F3N2O2. The average Bonchev–Trinajstić information content (AvgIpc) is 2.93. The van der Waals surface area contributed by atoms with Crippen molar-refractivity contribution in [3.05, 3.63) is 35.4 Å². The molecule has 0 unspecified atom stereocenters. The zero-order valence-electron chi connectivity index (χ0n) is 12.6. The topological polar surface area (TPSA) is 81.7 Å². The minimum Gasteiger partial charge on any atom is -0.298 e. The first-order valence-electron chi connectivity index (χ1n) is 7.29. The number of hydrogen-bond acceptors (Lipinski definition) is 4. The third kappa shape index (κ3) is 3.16. The van der Waals surface area contributed by atoms with Crippen LogP contribution in [0.4, 0.5) is 13.2 Å². The Labute approximate surface area is 136 Å². The Morgan fingerprint density at radius 1 is 1.25 bits per heavy atom. The van der Waals surface area contributed by atoms with E-state index < -0.39 is 28.9 Å². The summed E-state index contributed by atoms with van der Waals surface area (Å²) in [7, 11) is 0. The quantitative estimate of drug-likeness (QED) is 0.787. The summed E-state index contributed by atoms with van der Waals surface area (Å²) in [6, 6.07) is 7.40. The maximum Gasteiger partial charge on any atom is 0.416 e. The monoisotopic (exact) mass is 334 g/mol. The minimum atomic E-state index is -4.50. The molecule has 0 radical (unpaired) electrons. The summed E-state index contributed by atoms with van der Waals surface area (Å²) in [4.78, 5) is 24.2. The van der Waals surface area contributed by atoms with Gasteiger partial charge in [-0.25, -0.2) is 0 Å². The molecule has 1 saturated carbocycles. The molecule has 2 rings (SSSR count). The van der Waals surface area contributed by atoms with E-state index in [0.29, 0.717) is 6.42 Å². The average molecular weight is 334 g/mol.